The van der Waals surface area contributed by atoms with E-state index in [9.17, 15) is 4.79 Å². The normalized spacial score (nSPS) is 10.2. The molecule has 1 N–H and O–H groups in total. The van der Waals surface area contributed by atoms with E-state index in [0.29, 0.717) is 18.7 Å². The van der Waals surface area contributed by atoms with Gasteiger partial charge in [0.15, 0.2) is 0 Å². The fraction of sp³-hybridized carbons (Fsp3) is 0.235. The Hall–Kier alpha value is -2.00. The molecule has 4 heteroatoms. The first kappa shape index (κ1) is 15.4. The first-order valence-electron chi connectivity index (χ1n) is 6.79. The van der Waals surface area contributed by atoms with Gasteiger partial charge in [0.2, 0.25) is 5.91 Å². The highest BCUT2D eigenvalue weighted by atomic mass is 35.5. The number of nitrogens with one attached hydrogen (secondary N) is 1. The molecule has 2 aromatic rings. The molecule has 0 aliphatic rings. The van der Waals surface area contributed by atoms with Crippen LogP contribution in [0.2, 0.25) is 0 Å². The smallest absolute Gasteiger partial charge is 0.224 e. The highest BCUT2D eigenvalue weighted by Crippen LogP contribution is 2.14. The monoisotopic (exact) mass is 303 g/mol. The van der Waals surface area contributed by atoms with E-state index >= 15 is 0 Å². The number of halogens is 1. The molecule has 0 heterocycles. The predicted molar refractivity (Wildman–Crippen MR) is 85.9 cm³/mol. The molecule has 0 aromatic heterocycles. The first-order valence-corrected chi connectivity index (χ1v) is 7.32. The Morgan fingerprint density at radius 3 is 2.24 bits per heavy atom. The minimum absolute atomic E-state index is 0.00411. The number of alkyl halides is 1. The van der Waals surface area contributed by atoms with Crippen molar-refractivity contribution in [3.05, 3.63) is 59.7 Å². The van der Waals surface area contributed by atoms with Gasteiger partial charge in [-0.2, -0.15) is 0 Å². The minimum Gasteiger partial charge on any atom is -0.497 e. The van der Waals surface area contributed by atoms with Crippen molar-refractivity contribution in [1.82, 2.24) is 0 Å². The van der Waals surface area contributed by atoms with Crippen LogP contribution in [-0.4, -0.2) is 13.0 Å². The van der Waals surface area contributed by atoms with Gasteiger partial charge >= 0.3 is 0 Å². The van der Waals surface area contributed by atoms with Crippen LogP contribution in [0.25, 0.3) is 0 Å². The number of carbonyl (C=O) groups excluding carboxylic acids is 1. The second-order valence-electron chi connectivity index (χ2n) is 4.73. The Kier molecular flexibility index (Phi) is 5.64. The van der Waals surface area contributed by atoms with Gasteiger partial charge < -0.3 is 10.1 Å². The molecule has 0 saturated heterocycles. The van der Waals surface area contributed by atoms with E-state index in [2.05, 4.69) is 5.32 Å². The van der Waals surface area contributed by atoms with Crippen LogP contribution < -0.4 is 10.1 Å². The maximum Gasteiger partial charge on any atom is 0.224 e. The highest BCUT2D eigenvalue weighted by Gasteiger charge is 2.03. The van der Waals surface area contributed by atoms with E-state index < -0.39 is 0 Å². The average Bonchev–Trinajstić information content (AvgIpc) is 2.54. The molecule has 110 valence electrons. The zero-order chi connectivity index (χ0) is 15.1. The molecule has 0 spiro atoms. The standard InChI is InChI=1S/C17H18ClNO2/c1-21-16-9-4-13(5-10-16)6-11-17(20)19-15-7-2-14(12-18)3-8-15/h2-5,7-10H,6,11-12H2,1H3,(H,19,20). The summed E-state index contributed by atoms with van der Waals surface area (Å²) in [5, 5.41) is 2.88. The lowest BCUT2D eigenvalue weighted by molar-refractivity contribution is -0.116. The van der Waals surface area contributed by atoms with Crippen molar-refractivity contribution in [3.63, 3.8) is 0 Å². The van der Waals surface area contributed by atoms with Crippen molar-refractivity contribution in [2.24, 2.45) is 0 Å². The number of benzene rings is 2. The second-order valence-corrected chi connectivity index (χ2v) is 4.99. The van der Waals surface area contributed by atoms with Crippen LogP contribution in [0.4, 0.5) is 5.69 Å². The van der Waals surface area contributed by atoms with E-state index in [0.717, 1.165) is 22.6 Å². The van der Waals surface area contributed by atoms with Gasteiger partial charge in [-0.25, -0.2) is 0 Å². The highest BCUT2D eigenvalue weighted by molar-refractivity contribution is 6.17. The van der Waals surface area contributed by atoms with Crippen LogP contribution in [0.5, 0.6) is 5.75 Å². The lowest BCUT2D eigenvalue weighted by Gasteiger charge is -2.06. The molecule has 1 amide bonds. The summed E-state index contributed by atoms with van der Waals surface area (Å²) < 4.78 is 5.10. The molecule has 2 aromatic carbocycles. The summed E-state index contributed by atoms with van der Waals surface area (Å²) in [7, 11) is 1.64. The van der Waals surface area contributed by atoms with E-state index in [1.54, 1.807) is 7.11 Å². The number of methoxy groups -OCH3 is 1. The molecule has 0 bridgehead atoms. The molecular weight excluding hydrogens is 286 g/mol. The summed E-state index contributed by atoms with van der Waals surface area (Å²) in [4.78, 5) is 11.9. The number of amides is 1. The quantitative estimate of drug-likeness (QED) is 0.819. The molecule has 0 radical (unpaired) electrons. The van der Waals surface area contributed by atoms with Crippen molar-refractivity contribution < 1.29 is 9.53 Å². The third kappa shape index (κ3) is 4.80. The molecule has 3 nitrogen and oxygen atoms in total. The van der Waals surface area contributed by atoms with Gasteiger partial charge in [0.25, 0.3) is 0 Å². The number of ether oxygens (including phenoxy) is 1. The van der Waals surface area contributed by atoms with Gasteiger partial charge in [-0.05, 0) is 41.8 Å². The van der Waals surface area contributed by atoms with E-state index in [1.165, 1.54) is 0 Å². The SMILES string of the molecule is COc1ccc(CCC(=O)Nc2ccc(CCl)cc2)cc1. The van der Waals surface area contributed by atoms with Crippen molar-refractivity contribution >= 4 is 23.2 Å². The summed E-state index contributed by atoms with van der Waals surface area (Å²) in [6.45, 7) is 0. The summed E-state index contributed by atoms with van der Waals surface area (Å²) in [5.74, 6) is 1.30. The largest absolute Gasteiger partial charge is 0.497 e. The van der Waals surface area contributed by atoms with Gasteiger partial charge in [-0.1, -0.05) is 24.3 Å². The average molecular weight is 304 g/mol. The molecule has 0 unspecified atom stereocenters. The number of anilines is 1. The van der Waals surface area contributed by atoms with Gasteiger partial charge in [0, 0.05) is 18.0 Å². The van der Waals surface area contributed by atoms with Gasteiger partial charge in [-0.3, -0.25) is 4.79 Å². The minimum atomic E-state index is 0.00411. The van der Waals surface area contributed by atoms with Crippen LogP contribution in [-0.2, 0) is 17.1 Å². The number of hydrogen-bond donors (Lipinski definition) is 1. The van der Waals surface area contributed by atoms with Crippen molar-refractivity contribution in [2.75, 3.05) is 12.4 Å². The van der Waals surface area contributed by atoms with E-state index in [4.69, 9.17) is 16.3 Å². The fourth-order valence-corrected chi connectivity index (χ4v) is 2.13. The summed E-state index contributed by atoms with van der Waals surface area (Å²) in [6, 6.07) is 15.3. The third-order valence-electron chi connectivity index (χ3n) is 3.19. The molecule has 0 atom stereocenters. The zero-order valence-electron chi connectivity index (χ0n) is 11.9. The van der Waals surface area contributed by atoms with E-state index in [-0.39, 0.29) is 5.91 Å². The van der Waals surface area contributed by atoms with Crippen molar-refractivity contribution in [3.8, 4) is 5.75 Å². The molecule has 0 fully saturated rings. The topological polar surface area (TPSA) is 38.3 Å². The zero-order valence-corrected chi connectivity index (χ0v) is 12.7. The van der Waals surface area contributed by atoms with Gasteiger partial charge in [0.05, 0.1) is 7.11 Å². The predicted octanol–water partition coefficient (Wildman–Crippen LogP) is 4.01. The first-order chi connectivity index (χ1) is 10.2. The number of hydrogen-bond acceptors (Lipinski definition) is 2. The van der Waals surface area contributed by atoms with Crippen molar-refractivity contribution in [1.29, 1.82) is 0 Å². The Balaban J connectivity index is 1.83. The van der Waals surface area contributed by atoms with Crippen LogP contribution in [0, 0.1) is 0 Å². The third-order valence-corrected chi connectivity index (χ3v) is 3.50. The Morgan fingerprint density at radius 2 is 1.67 bits per heavy atom. The second kappa shape index (κ2) is 7.70. The van der Waals surface area contributed by atoms with Gasteiger partial charge in [0.1, 0.15) is 5.75 Å². The lowest BCUT2D eigenvalue weighted by Crippen LogP contribution is -2.12. The Morgan fingerprint density at radius 1 is 1.05 bits per heavy atom. The van der Waals surface area contributed by atoms with Crippen LogP contribution >= 0.6 is 11.6 Å². The Bertz CT molecular complexity index is 579. The molecule has 0 aliphatic carbocycles. The fourth-order valence-electron chi connectivity index (χ4n) is 1.95. The van der Waals surface area contributed by atoms with Crippen LogP contribution in [0.1, 0.15) is 17.5 Å². The maximum absolute atomic E-state index is 11.9. The van der Waals surface area contributed by atoms with Crippen LogP contribution in [0.3, 0.4) is 0 Å². The van der Waals surface area contributed by atoms with E-state index in [1.807, 2.05) is 48.5 Å². The maximum atomic E-state index is 11.9. The van der Waals surface area contributed by atoms with Gasteiger partial charge in [-0.15, -0.1) is 11.6 Å². The molecular formula is C17H18ClNO2. The summed E-state index contributed by atoms with van der Waals surface area (Å²) in [6.07, 6.45) is 1.15. The summed E-state index contributed by atoms with van der Waals surface area (Å²) >= 11 is 5.73. The van der Waals surface area contributed by atoms with Crippen LogP contribution in [0.15, 0.2) is 48.5 Å². The summed E-state index contributed by atoms with van der Waals surface area (Å²) in [5.41, 5.74) is 2.94. The molecule has 0 aliphatic heterocycles. The number of carbonyl (C=O) groups is 1. The molecule has 2 rings (SSSR count). The molecule has 0 saturated carbocycles. The number of rotatable bonds is 6. The Labute approximate surface area is 129 Å². The number of aryl methyl sites for hydroxylation is 1. The lowest BCUT2D eigenvalue weighted by atomic mass is 10.1. The molecule has 21 heavy (non-hydrogen) atoms. The van der Waals surface area contributed by atoms with Crippen molar-refractivity contribution in [2.45, 2.75) is 18.7 Å².